The summed E-state index contributed by atoms with van der Waals surface area (Å²) in [5.41, 5.74) is -0.0975. The fraction of sp³-hybridized carbons (Fsp3) is 0.786. The minimum absolute atomic E-state index is 0.0975. The predicted octanol–water partition coefficient (Wildman–Crippen LogP) is 2.64. The van der Waals surface area contributed by atoms with E-state index in [2.05, 4.69) is 49.8 Å². The maximum absolute atomic E-state index is 5.93. The molecule has 1 N–H and O–H groups in total. The number of nitrogens with zero attached hydrogens (tertiary/aromatic N) is 2. The van der Waals surface area contributed by atoms with E-state index >= 15 is 0 Å². The van der Waals surface area contributed by atoms with Gasteiger partial charge in [-0.25, -0.2) is 4.98 Å². The van der Waals surface area contributed by atoms with E-state index in [0.717, 1.165) is 24.8 Å². The number of ether oxygens (including phenoxy) is 1. The maximum atomic E-state index is 5.93. The summed E-state index contributed by atoms with van der Waals surface area (Å²) in [6.07, 6.45) is 2.24. The van der Waals surface area contributed by atoms with E-state index in [0.29, 0.717) is 6.04 Å². The number of nitrogens with one attached hydrogen (secondary N) is 1. The van der Waals surface area contributed by atoms with E-state index in [1.54, 1.807) is 11.3 Å². The van der Waals surface area contributed by atoms with Crippen molar-refractivity contribution < 1.29 is 4.74 Å². The van der Waals surface area contributed by atoms with Crippen molar-refractivity contribution >= 4 is 16.5 Å². The van der Waals surface area contributed by atoms with E-state index in [4.69, 9.17) is 4.74 Å². The Kier molecular flexibility index (Phi) is 4.48. The monoisotopic (exact) mass is 283 g/mol. The number of thiazole rings is 1. The third kappa shape index (κ3) is 4.16. The lowest BCUT2D eigenvalue weighted by Gasteiger charge is -2.41. The first-order valence-electron chi connectivity index (χ1n) is 6.96. The van der Waals surface area contributed by atoms with Gasteiger partial charge in [-0.3, -0.25) is 0 Å². The molecule has 1 unspecified atom stereocenters. The summed E-state index contributed by atoms with van der Waals surface area (Å²) in [6, 6.07) is 0.507. The van der Waals surface area contributed by atoms with Crippen LogP contribution in [0.4, 0.5) is 5.13 Å². The van der Waals surface area contributed by atoms with Crippen LogP contribution in [-0.4, -0.2) is 35.8 Å². The Bertz CT molecular complexity index is 417. The molecule has 1 aliphatic rings. The largest absolute Gasteiger partial charge is 0.369 e. The molecule has 1 aliphatic heterocycles. The van der Waals surface area contributed by atoms with Gasteiger partial charge in [0.25, 0.3) is 0 Å². The van der Waals surface area contributed by atoms with Crippen LogP contribution in [-0.2, 0) is 11.3 Å². The molecule has 0 radical (unpaired) electrons. The molecular formula is C14H25N3OS. The highest BCUT2D eigenvalue weighted by Gasteiger charge is 2.32. The van der Waals surface area contributed by atoms with Crippen molar-refractivity contribution in [2.45, 2.75) is 58.9 Å². The van der Waals surface area contributed by atoms with Gasteiger partial charge in [-0.15, -0.1) is 11.3 Å². The molecule has 0 bridgehead atoms. The Morgan fingerprint density at radius 3 is 2.95 bits per heavy atom. The molecule has 2 heterocycles. The van der Waals surface area contributed by atoms with Gasteiger partial charge in [-0.05, 0) is 20.8 Å². The molecule has 1 atom stereocenters. The molecule has 1 aromatic rings. The fourth-order valence-electron chi connectivity index (χ4n) is 2.43. The van der Waals surface area contributed by atoms with Crippen LogP contribution in [0.2, 0.25) is 0 Å². The van der Waals surface area contributed by atoms with Crippen molar-refractivity contribution in [1.29, 1.82) is 0 Å². The summed E-state index contributed by atoms with van der Waals surface area (Å²) >= 11 is 1.78. The number of aromatic nitrogens is 1. The van der Waals surface area contributed by atoms with Gasteiger partial charge < -0.3 is 15.0 Å². The fourth-order valence-corrected chi connectivity index (χ4v) is 3.30. The van der Waals surface area contributed by atoms with E-state index in [-0.39, 0.29) is 11.7 Å². The number of hydrogen-bond acceptors (Lipinski definition) is 5. The summed E-state index contributed by atoms with van der Waals surface area (Å²) in [5.74, 6) is 0. The lowest BCUT2D eigenvalue weighted by molar-refractivity contribution is -0.0749. The average molecular weight is 283 g/mol. The summed E-state index contributed by atoms with van der Waals surface area (Å²) < 4.78 is 5.93. The van der Waals surface area contributed by atoms with Crippen LogP contribution in [0.1, 0.15) is 39.5 Å². The van der Waals surface area contributed by atoms with E-state index in [9.17, 15) is 0 Å². The van der Waals surface area contributed by atoms with E-state index in [1.807, 2.05) is 6.20 Å². The number of anilines is 1. The molecule has 0 aliphatic carbocycles. The molecule has 19 heavy (non-hydrogen) atoms. The molecule has 0 amide bonds. The Morgan fingerprint density at radius 1 is 1.58 bits per heavy atom. The second kappa shape index (κ2) is 5.77. The highest BCUT2D eigenvalue weighted by molar-refractivity contribution is 7.15. The number of hydrogen-bond donors (Lipinski definition) is 1. The van der Waals surface area contributed by atoms with E-state index in [1.165, 1.54) is 4.88 Å². The van der Waals surface area contributed by atoms with Crippen molar-refractivity contribution in [1.82, 2.24) is 10.3 Å². The van der Waals surface area contributed by atoms with Gasteiger partial charge in [0.15, 0.2) is 5.13 Å². The Morgan fingerprint density at radius 2 is 2.32 bits per heavy atom. The van der Waals surface area contributed by atoms with Gasteiger partial charge in [0, 0.05) is 36.8 Å². The van der Waals surface area contributed by atoms with Crippen molar-refractivity contribution in [2.24, 2.45) is 0 Å². The Labute approximate surface area is 120 Å². The lowest BCUT2D eigenvalue weighted by Crippen LogP contribution is -2.52. The second-order valence-electron chi connectivity index (χ2n) is 6.21. The first kappa shape index (κ1) is 14.8. The summed E-state index contributed by atoms with van der Waals surface area (Å²) in [4.78, 5) is 8.20. The molecule has 0 saturated carbocycles. The van der Waals surface area contributed by atoms with E-state index < -0.39 is 0 Å². The van der Waals surface area contributed by atoms with Crippen LogP contribution in [0.25, 0.3) is 0 Å². The molecule has 2 rings (SSSR count). The van der Waals surface area contributed by atoms with Crippen LogP contribution in [0.5, 0.6) is 0 Å². The van der Waals surface area contributed by atoms with Gasteiger partial charge in [-0.2, -0.15) is 0 Å². The molecule has 108 valence electrons. The number of morpholine rings is 1. The second-order valence-corrected chi connectivity index (χ2v) is 7.31. The molecule has 0 spiro atoms. The normalized spacial score (nSPS) is 23.1. The molecule has 1 aromatic heterocycles. The summed E-state index contributed by atoms with van der Waals surface area (Å²) in [5, 5.41) is 4.54. The van der Waals surface area contributed by atoms with Gasteiger partial charge in [-0.1, -0.05) is 13.8 Å². The Hall–Kier alpha value is -0.650. The standard InChI is InChI=1S/C14H25N3OS/c1-10(2)15-6-12-7-16-13(19-12)17-8-11(3)18-14(4,5)9-17/h7,10-11,15H,6,8-9H2,1-5H3. The predicted molar refractivity (Wildman–Crippen MR) is 80.9 cm³/mol. The van der Waals surface area contributed by atoms with Crippen molar-refractivity contribution in [3.63, 3.8) is 0 Å². The van der Waals surface area contributed by atoms with Crippen LogP contribution < -0.4 is 10.2 Å². The molecule has 1 fully saturated rings. The minimum atomic E-state index is -0.0975. The molecule has 0 aromatic carbocycles. The van der Waals surface area contributed by atoms with Crippen LogP contribution in [0, 0.1) is 0 Å². The molecule has 5 heteroatoms. The summed E-state index contributed by atoms with van der Waals surface area (Å²) in [6.45, 7) is 13.5. The molecular weight excluding hydrogens is 258 g/mol. The first-order valence-corrected chi connectivity index (χ1v) is 7.78. The third-order valence-electron chi connectivity index (χ3n) is 3.07. The topological polar surface area (TPSA) is 37.4 Å². The highest BCUT2D eigenvalue weighted by atomic mass is 32.1. The van der Waals surface area contributed by atoms with Gasteiger partial charge in [0.2, 0.25) is 0 Å². The first-order chi connectivity index (χ1) is 8.85. The SMILES string of the molecule is CC(C)NCc1cnc(N2CC(C)OC(C)(C)C2)s1. The van der Waals surface area contributed by atoms with Crippen LogP contribution >= 0.6 is 11.3 Å². The van der Waals surface area contributed by atoms with Crippen LogP contribution in [0.15, 0.2) is 6.20 Å². The average Bonchev–Trinajstić information content (AvgIpc) is 2.72. The lowest BCUT2D eigenvalue weighted by atomic mass is 10.1. The minimum Gasteiger partial charge on any atom is -0.369 e. The maximum Gasteiger partial charge on any atom is 0.185 e. The quantitative estimate of drug-likeness (QED) is 0.922. The van der Waals surface area contributed by atoms with Gasteiger partial charge >= 0.3 is 0 Å². The smallest absolute Gasteiger partial charge is 0.185 e. The van der Waals surface area contributed by atoms with Gasteiger partial charge in [0.1, 0.15) is 0 Å². The van der Waals surface area contributed by atoms with Crippen molar-refractivity contribution in [3.05, 3.63) is 11.1 Å². The Balaban J connectivity index is 2.01. The zero-order valence-electron chi connectivity index (χ0n) is 12.6. The van der Waals surface area contributed by atoms with Crippen molar-refractivity contribution in [2.75, 3.05) is 18.0 Å². The third-order valence-corrected chi connectivity index (χ3v) is 4.12. The summed E-state index contributed by atoms with van der Waals surface area (Å²) in [7, 11) is 0. The zero-order chi connectivity index (χ0) is 14.0. The number of rotatable bonds is 4. The highest BCUT2D eigenvalue weighted by Crippen LogP contribution is 2.29. The molecule has 1 saturated heterocycles. The zero-order valence-corrected chi connectivity index (χ0v) is 13.4. The van der Waals surface area contributed by atoms with Gasteiger partial charge in [0.05, 0.1) is 11.7 Å². The van der Waals surface area contributed by atoms with Crippen molar-refractivity contribution in [3.8, 4) is 0 Å². The molecule has 4 nitrogen and oxygen atoms in total. The van der Waals surface area contributed by atoms with Crippen LogP contribution in [0.3, 0.4) is 0 Å².